The molecule has 1 saturated heterocycles. The Bertz CT molecular complexity index is 896. The first-order valence-electron chi connectivity index (χ1n) is 14.0. The number of hydrogen-bond donors (Lipinski definition) is 2. The molecule has 0 aromatic carbocycles. The Labute approximate surface area is 206 Å². The van der Waals surface area contributed by atoms with Gasteiger partial charge in [-0.3, -0.25) is 4.79 Å². The number of ether oxygens (including phenoxy) is 1. The van der Waals surface area contributed by atoms with Gasteiger partial charge in [0.05, 0.1) is 17.6 Å². The zero-order valence-electron chi connectivity index (χ0n) is 22.7. The van der Waals surface area contributed by atoms with Crippen LogP contribution in [0.4, 0.5) is 0 Å². The smallest absolute Gasteiger partial charge is 0.309 e. The number of aliphatic hydroxyl groups excluding tert-OH is 1. The molecule has 5 rings (SSSR count). The Kier molecular flexibility index (Phi) is 5.52. The van der Waals surface area contributed by atoms with Gasteiger partial charge in [0, 0.05) is 0 Å². The minimum Gasteiger partial charge on any atom is -0.459 e. The summed E-state index contributed by atoms with van der Waals surface area (Å²) in [6.45, 7) is 15.6. The number of aliphatic hydroxyl groups is 2. The SMILES string of the molecule is CC(C)(O)C1CCC(C2CCC3(C)C4=C(CCC23C)C2(C)CCC(O)C(C)(C)C2CC4)C(=O)O1. The average molecular weight is 473 g/mol. The van der Waals surface area contributed by atoms with E-state index >= 15 is 0 Å². The molecule has 0 spiro atoms. The molecule has 4 aliphatic carbocycles. The molecule has 8 unspecified atom stereocenters. The molecule has 2 saturated carbocycles. The molecule has 34 heavy (non-hydrogen) atoms. The molecule has 4 heteroatoms. The van der Waals surface area contributed by atoms with E-state index in [0.29, 0.717) is 11.8 Å². The van der Waals surface area contributed by atoms with Crippen molar-refractivity contribution in [2.45, 2.75) is 130 Å². The van der Waals surface area contributed by atoms with Crippen LogP contribution in [-0.2, 0) is 9.53 Å². The standard InChI is InChI=1S/C30H48O4/c1-26(2)22-10-9-21-20(28(22,5)15-14-23(26)31)13-17-29(6)19(12-16-30(21,29)7)18-8-11-24(27(3,4)33)34-25(18)32/h18-19,22-24,31,33H,8-17H2,1-7H3. The van der Waals surface area contributed by atoms with E-state index in [0.717, 1.165) is 51.4 Å². The normalized spacial score (nSPS) is 48.6. The lowest BCUT2D eigenvalue weighted by atomic mass is 9.43. The van der Waals surface area contributed by atoms with Gasteiger partial charge in [0.1, 0.15) is 6.10 Å². The van der Waals surface area contributed by atoms with Crippen LogP contribution < -0.4 is 0 Å². The van der Waals surface area contributed by atoms with Gasteiger partial charge in [-0.1, -0.05) is 45.8 Å². The van der Waals surface area contributed by atoms with Crippen molar-refractivity contribution in [3.63, 3.8) is 0 Å². The number of carbonyl (C=O) groups is 1. The van der Waals surface area contributed by atoms with E-state index in [2.05, 4.69) is 34.6 Å². The van der Waals surface area contributed by atoms with Crippen molar-refractivity contribution in [2.24, 2.45) is 39.4 Å². The first kappa shape index (κ1) is 24.8. The van der Waals surface area contributed by atoms with Crippen molar-refractivity contribution in [3.8, 4) is 0 Å². The van der Waals surface area contributed by atoms with Crippen molar-refractivity contribution in [2.75, 3.05) is 0 Å². The number of allylic oxidation sites excluding steroid dienone is 2. The second kappa shape index (κ2) is 7.57. The van der Waals surface area contributed by atoms with Crippen molar-refractivity contribution in [3.05, 3.63) is 11.1 Å². The van der Waals surface area contributed by atoms with Gasteiger partial charge in [-0.05, 0) is 112 Å². The van der Waals surface area contributed by atoms with Gasteiger partial charge >= 0.3 is 5.97 Å². The Morgan fingerprint density at radius 2 is 1.59 bits per heavy atom. The maximum absolute atomic E-state index is 13.2. The summed E-state index contributed by atoms with van der Waals surface area (Å²) < 4.78 is 5.84. The third kappa shape index (κ3) is 3.19. The summed E-state index contributed by atoms with van der Waals surface area (Å²) in [5.74, 6) is 0.785. The second-order valence-corrected chi connectivity index (χ2v) is 14.5. The molecular weight excluding hydrogens is 424 g/mol. The third-order valence-corrected chi connectivity index (χ3v) is 12.4. The fraction of sp³-hybridized carbons (Fsp3) is 0.900. The van der Waals surface area contributed by atoms with Crippen LogP contribution in [0.2, 0.25) is 0 Å². The number of cyclic esters (lactones) is 1. The number of hydrogen-bond acceptors (Lipinski definition) is 4. The molecule has 5 aliphatic rings. The van der Waals surface area contributed by atoms with Gasteiger partial charge < -0.3 is 14.9 Å². The van der Waals surface area contributed by atoms with Crippen molar-refractivity contribution in [1.29, 1.82) is 0 Å². The van der Waals surface area contributed by atoms with Crippen LogP contribution in [0, 0.1) is 39.4 Å². The number of esters is 1. The van der Waals surface area contributed by atoms with Gasteiger partial charge in [0.2, 0.25) is 0 Å². The Hall–Kier alpha value is -0.870. The summed E-state index contributed by atoms with van der Waals surface area (Å²) in [5.41, 5.74) is 2.88. The fourth-order valence-electron chi connectivity index (χ4n) is 9.96. The van der Waals surface area contributed by atoms with Crippen molar-refractivity contribution < 1.29 is 19.7 Å². The molecule has 3 fully saturated rings. The van der Waals surface area contributed by atoms with Gasteiger partial charge in [0.15, 0.2) is 0 Å². The van der Waals surface area contributed by atoms with E-state index < -0.39 is 11.7 Å². The molecule has 0 radical (unpaired) electrons. The number of rotatable bonds is 2. The molecule has 8 atom stereocenters. The molecule has 4 nitrogen and oxygen atoms in total. The largest absolute Gasteiger partial charge is 0.459 e. The third-order valence-electron chi connectivity index (χ3n) is 12.4. The molecule has 0 amide bonds. The van der Waals surface area contributed by atoms with Crippen LogP contribution in [0.1, 0.15) is 113 Å². The summed E-state index contributed by atoms with van der Waals surface area (Å²) in [6.07, 6.45) is 9.90. The maximum atomic E-state index is 13.2. The Balaban J connectivity index is 1.46. The molecular formula is C30H48O4. The lowest BCUT2D eigenvalue weighted by Gasteiger charge is -2.62. The predicted octanol–water partition coefficient (Wildman–Crippen LogP) is 6.19. The topological polar surface area (TPSA) is 66.8 Å². The summed E-state index contributed by atoms with van der Waals surface area (Å²) >= 11 is 0. The highest BCUT2D eigenvalue weighted by molar-refractivity contribution is 5.74. The first-order chi connectivity index (χ1) is 15.7. The number of carbonyl (C=O) groups excluding carboxylic acids is 1. The van der Waals surface area contributed by atoms with E-state index in [-0.39, 0.29) is 39.7 Å². The molecule has 192 valence electrons. The molecule has 1 aliphatic heterocycles. The lowest BCUT2D eigenvalue weighted by Crippen LogP contribution is -2.55. The van der Waals surface area contributed by atoms with Crippen molar-refractivity contribution in [1.82, 2.24) is 0 Å². The first-order valence-corrected chi connectivity index (χ1v) is 14.0. The van der Waals surface area contributed by atoms with Crippen LogP contribution in [-0.4, -0.2) is 34.0 Å². The second-order valence-electron chi connectivity index (χ2n) is 14.5. The van der Waals surface area contributed by atoms with Crippen LogP contribution in [0.15, 0.2) is 11.1 Å². The predicted molar refractivity (Wildman–Crippen MR) is 134 cm³/mol. The quantitative estimate of drug-likeness (QED) is 0.371. The van der Waals surface area contributed by atoms with Crippen LogP contribution >= 0.6 is 0 Å². The maximum Gasteiger partial charge on any atom is 0.309 e. The Morgan fingerprint density at radius 1 is 0.882 bits per heavy atom. The zero-order valence-corrected chi connectivity index (χ0v) is 22.7. The van der Waals surface area contributed by atoms with Crippen LogP contribution in [0.25, 0.3) is 0 Å². The van der Waals surface area contributed by atoms with Crippen LogP contribution in [0.5, 0.6) is 0 Å². The molecule has 0 bridgehead atoms. The van der Waals surface area contributed by atoms with Gasteiger partial charge in [-0.2, -0.15) is 0 Å². The molecule has 0 aromatic rings. The van der Waals surface area contributed by atoms with E-state index in [1.54, 1.807) is 25.0 Å². The molecule has 2 N–H and O–H groups in total. The Morgan fingerprint density at radius 3 is 2.24 bits per heavy atom. The van der Waals surface area contributed by atoms with E-state index in [4.69, 9.17) is 4.74 Å². The summed E-state index contributed by atoms with van der Waals surface area (Å²) in [7, 11) is 0. The zero-order chi connectivity index (χ0) is 24.9. The van der Waals surface area contributed by atoms with Crippen LogP contribution in [0.3, 0.4) is 0 Å². The highest BCUT2D eigenvalue weighted by Crippen LogP contribution is 2.72. The van der Waals surface area contributed by atoms with E-state index in [9.17, 15) is 15.0 Å². The molecule has 0 aromatic heterocycles. The van der Waals surface area contributed by atoms with Gasteiger partial charge in [0.25, 0.3) is 0 Å². The summed E-state index contributed by atoms with van der Waals surface area (Å²) in [4.78, 5) is 13.2. The highest BCUT2D eigenvalue weighted by Gasteiger charge is 2.64. The van der Waals surface area contributed by atoms with Gasteiger partial charge in [-0.25, -0.2) is 0 Å². The van der Waals surface area contributed by atoms with Gasteiger partial charge in [-0.15, -0.1) is 0 Å². The average Bonchev–Trinajstić information content (AvgIpc) is 3.02. The lowest BCUT2D eigenvalue weighted by molar-refractivity contribution is -0.181. The molecule has 1 heterocycles. The minimum absolute atomic E-state index is 0.0335. The summed E-state index contributed by atoms with van der Waals surface area (Å²) in [5, 5.41) is 21.2. The highest BCUT2D eigenvalue weighted by atomic mass is 16.6. The van der Waals surface area contributed by atoms with Crippen molar-refractivity contribution >= 4 is 5.97 Å². The monoisotopic (exact) mass is 472 g/mol. The number of fused-ring (bicyclic) bond motifs is 4. The van der Waals surface area contributed by atoms with E-state index in [1.807, 2.05) is 0 Å². The van der Waals surface area contributed by atoms with E-state index in [1.165, 1.54) is 12.8 Å². The summed E-state index contributed by atoms with van der Waals surface area (Å²) in [6, 6.07) is 0. The fourth-order valence-corrected chi connectivity index (χ4v) is 9.96. The minimum atomic E-state index is -0.977.